The number of aromatic carboxylic acids is 1. The maximum absolute atomic E-state index is 14.5. The van der Waals surface area contributed by atoms with E-state index in [0.717, 1.165) is 6.07 Å². The van der Waals surface area contributed by atoms with Crippen LogP contribution in [0.2, 0.25) is 5.02 Å². The van der Waals surface area contributed by atoms with Crippen LogP contribution in [0.5, 0.6) is 0 Å². The summed E-state index contributed by atoms with van der Waals surface area (Å²) in [5.41, 5.74) is -6.52. The molecule has 0 aliphatic heterocycles. The summed E-state index contributed by atoms with van der Waals surface area (Å²) in [6.45, 7) is 2.56. The molecule has 1 aromatic heterocycles. The zero-order chi connectivity index (χ0) is 23.8. The average Bonchev–Trinajstić information content (AvgIpc) is 3.15. The smallest absolute Gasteiger partial charge is 0.433 e. The van der Waals surface area contributed by atoms with E-state index in [1.54, 1.807) is 0 Å². The van der Waals surface area contributed by atoms with Gasteiger partial charge < -0.3 is 5.11 Å². The highest BCUT2D eigenvalue weighted by Gasteiger charge is 2.80. The maximum Gasteiger partial charge on any atom is 0.433 e. The molecule has 1 atom stereocenters. The van der Waals surface area contributed by atoms with E-state index in [0.29, 0.717) is 5.69 Å². The molecule has 0 saturated heterocycles. The number of rotatable bonds is 3. The average molecular weight is 475 g/mol. The van der Waals surface area contributed by atoms with Crippen LogP contribution < -0.4 is 0 Å². The van der Waals surface area contributed by atoms with Crippen LogP contribution in [0.3, 0.4) is 0 Å². The number of carboxylic acids is 1. The molecule has 1 heterocycles. The van der Waals surface area contributed by atoms with Crippen molar-refractivity contribution in [3.05, 3.63) is 69.4 Å². The standard InChI is InChI=1S/C21H13ClF6N2O2/c1-9-7-13-17(20(24,25)19(13,23)21(26,27)28)10(2)16(9)15-5-6-30(29-15)11-3-4-14(22)12(8-11)18(31)32/h3-8H,1-2H3,(H,31,32). The number of halogens is 7. The molecule has 11 heteroatoms. The lowest BCUT2D eigenvalue weighted by Crippen LogP contribution is -2.59. The first-order valence-electron chi connectivity index (χ1n) is 9.09. The number of aryl methyl sites for hydroxylation is 1. The predicted octanol–water partition coefficient (Wildman–Crippen LogP) is 6.34. The molecule has 2 aromatic carbocycles. The predicted molar refractivity (Wildman–Crippen MR) is 103 cm³/mol. The minimum Gasteiger partial charge on any atom is -0.478 e. The summed E-state index contributed by atoms with van der Waals surface area (Å²) in [6.07, 6.45) is -4.35. The van der Waals surface area contributed by atoms with Crippen LogP contribution in [0.1, 0.15) is 32.6 Å². The van der Waals surface area contributed by atoms with E-state index in [2.05, 4.69) is 5.10 Å². The van der Waals surface area contributed by atoms with E-state index >= 15 is 0 Å². The lowest BCUT2D eigenvalue weighted by molar-refractivity contribution is -0.333. The number of aromatic nitrogens is 2. The number of hydrogen-bond donors (Lipinski definition) is 1. The van der Waals surface area contributed by atoms with Crippen LogP contribution in [0, 0.1) is 13.8 Å². The first-order valence-corrected chi connectivity index (χ1v) is 9.47. The van der Waals surface area contributed by atoms with E-state index in [1.807, 2.05) is 0 Å². The van der Waals surface area contributed by atoms with Crippen LogP contribution in [-0.2, 0) is 11.6 Å². The fourth-order valence-electron chi connectivity index (χ4n) is 4.08. The van der Waals surface area contributed by atoms with Gasteiger partial charge >= 0.3 is 18.1 Å². The Morgan fingerprint density at radius 1 is 1.12 bits per heavy atom. The van der Waals surface area contributed by atoms with Gasteiger partial charge in [0.1, 0.15) is 0 Å². The Balaban J connectivity index is 1.83. The molecule has 1 aliphatic carbocycles. The number of benzene rings is 2. The second kappa shape index (κ2) is 6.74. The monoisotopic (exact) mass is 474 g/mol. The molecule has 3 aromatic rings. The molecule has 0 bridgehead atoms. The lowest BCUT2D eigenvalue weighted by atomic mass is 9.66. The molecule has 0 spiro atoms. The highest BCUT2D eigenvalue weighted by atomic mass is 35.5. The van der Waals surface area contributed by atoms with E-state index in [1.165, 1.54) is 49.0 Å². The van der Waals surface area contributed by atoms with Crippen molar-refractivity contribution in [2.75, 3.05) is 0 Å². The van der Waals surface area contributed by atoms with Crippen molar-refractivity contribution in [1.29, 1.82) is 0 Å². The lowest BCUT2D eigenvalue weighted by Gasteiger charge is -2.46. The molecule has 1 N–H and O–H groups in total. The minimum absolute atomic E-state index is 0.00397. The van der Waals surface area contributed by atoms with Crippen LogP contribution in [0.25, 0.3) is 16.9 Å². The van der Waals surface area contributed by atoms with Crippen molar-refractivity contribution >= 4 is 17.6 Å². The van der Waals surface area contributed by atoms with Crippen molar-refractivity contribution in [1.82, 2.24) is 9.78 Å². The van der Waals surface area contributed by atoms with E-state index in [9.17, 15) is 36.2 Å². The quantitative estimate of drug-likeness (QED) is 0.451. The fraction of sp³-hybridized carbons (Fsp3) is 0.238. The van der Waals surface area contributed by atoms with Crippen molar-refractivity contribution in [3.8, 4) is 16.9 Å². The molecule has 4 nitrogen and oxygen atoms in total. The summed E-state index contributed by atoms with van der Waals surface area (Å²) in [5.74, 6) is -6.01. The van der Waals surface area contributed by atoms with Gasteiger partial charge in [0.05, 0.1) is 22.0 Å². The summed E-state index contributed by atoms with van der Waals surface area (Å²) in [7, 11) is 0. The topological polar surface area (TPSA) is 55.1 Å². The highest BCUT2D eigenvalue weighted by molar-refractivity contribution is 6.33. The molecule has 0 amide bonds. The molecular formula is C21H13ClF6N2O2. The van der Waals surface area contributed by atoms with Crippen molar-refractivity contribution in [2.24, 2.45) is 0 Å². The van der Waals surface area contributed by atoms with Crippen molar-refractivity contribution < 1.29 is 36.2 Å². The third-order valence-corrected chi connectivity index (χ3v) is 5.90. The summed E-state index contributed by atoms with van der Waals surface area (Å²) in [4.78, 5) is 11.3. The van der Waals surface area contributed by atoms with Gasteiger partial charge in [-0.15, -0.1) is 0 Å². The molecule has 0 fully saturated rings. The van der Waals surface area contributed by atoms with Gasteiger partial charge in [-0.2, -0.15) is 27.1 Å². The summed E-state index contributed by atoms with van der Waals surface area (Å²) < 4.78 is 84.0. The number of hydrogen-bond acceptors (Lipinski definition) is 2. The minimum atomic E-state index is -5.78. The first kappa shape index (κ1) is 22.2. The molecule has 0 radical (unpaired) electrons. The molecule has 32 heavy (non-hydrogen) atoms. The van der Waals surface area contributed by atoms with Gasteiger partial charge in [0.2, 0.25) is 0 Å². The first-order chi connectivity index (χ1) is 14.7. The molecule has 168 valence electrons. The Bertz CT molecular complexity index is 1280. The van der Waals surface area contributed by atoms with Crippen LogP contribution >= 0.6 is 11.6 Å². The Hall–Kier alpha value is -3.01. The number of carbonyl (C=O) groups is 1. The van der Waals surface area contributed by atoms with Gasteiger partial charge in [0, 0.05) is 22.9 Å². The third-order valence-electron chi connectivity index (χ3n) is 5.57. The molecular weight excluding hydrogens is 462 g/mol. The highest BCUT2D eigenvalue weighted by Crippen LogP contribution is 2.67. The van der Waals surface area contributed by atoms with Crippen LogP contribution in [-0.4, -0.2) is 27.0 Å². The van der Waals surface area contributed by atoms with Crippen molar-refractivity contribution in [3.63, 3.8) is 0 Å². The van der Waals surface area contributed by atoms with Crippen LogP contribution in [0.4, 0.5) is 26.3 Å². The van der Waals surface area contributed by atoms with Gasteiger partial charge in [0.25, 0.3) is 5.67 Å². The zero-order valence-corrected chi connectivity index (χ0v) is 17.1. The SMILES string of the molecule is Cc1cc2c(c(C)c1-c1ccn(-c3ccc(Cl)c(C(=O)O)c3)n1)C(F)(F)C2(F)C(F)(F)F. The number of alkyl halides is 6. The number of fused-ring (bicyclic) bond motifs is 1. The zero-order valence-electron chi connectivity index (χ0n) is 16.4. The van der Waals surface area contributed by atoms with Crippen molar-refractivity contribution in [2.45, 2.75) is 31.6 Å². The molecule has 1 aliphatic rings. The number of carboxylic acid groups (broad SMARTS) is 1. The van der Waals surface area contributed by atoms with Gasteiger partial charge in [-0.05, 0) is 49.2 Å². The summed E-state index contributed by atoms with van der Waals surface area (Å²) in [5, 5.41) is 13.5. The second-order valence-electron chi connectivity index (χ2n) is 7.46. The van der Waals surface area contributed by atoms with E-state index in [-0.39, 0.29) is 33.0 Å². The van der Waals surface area contributed by atoms with Gasteiger partial charge in [-0.1, -0.05) is 17.7 Å². The normalized spacial score (nSPS) is 19.4. The van der Waals surface area contributed by atoms with E-state index in [4.69, 9.17) is 11.6 Å². The second-order valence-corrected chi connectivity index (χ2v) is 7.87. The Kier molecular flexibility index (Phi) is 4.68. The Morgan fingerprint density at radius 2 is 1.78 bits per heavy atom. The van der Waals surface area contributed by atoms with Crippen LogP contribution in [0.15, 0.2) is 36.5 Å². The molecule has 0 saturated carbocycles. The fourth-order valence-corrected chi connectivity index (χ4v) is 4.28. The summed E-state index contributed by atoms with van der Waals surface area (Å²) in [6, 6.07) is 6.29. The molecule has 1 unspecified atom stereocenters. The summed E-state index contributed by atoms with van der Waals surface area (Å²) >= 11 is 5.85. The van der Waals surface area contributed by atoms with Gasteiger partial charge in [-0.25, -0.2) is 13.9 Å². The Morgan fingerprint density at radius 3 is 2.38 bits per heavy atom. The molecule has 4 rings (SSSR count). The maximum atomic E-state index is 14.5. The number of nitrogens with zero attached hydrogens (tertiary/aromatic N) is 2. The largest absolute Gasteiger partial charge is 0.478 e. The van der Waals surface area contributed by atoms with Gasteiger partial charge in [0.15, 0.2) is 0 Å². The third kappa shape index (κ3) is 2.78. The van der Waals surface area contributed by atoms with Gasteiger partial charge in [-0.3, -0.25) is 0 Å². The van der Waals surface area contributed by atoms with E-state index < -0.39 is 34.9 Å². The Labute approximate surface area is 182 Å².